The number of piperidine rings is 1. The van der Waals surface area contributed by atoms with Crippen LogP contribution in [-0.4, -0.2) is 41.2 Å². The Bertz CT molecular complexity index is 994. The third-order valence-electron chi connectivity index (χ3n) is 6.80. The number of nitrogens with zero attached hydrogens (tertiary/aromatic N) is 1. The molecule has 7 heteroatoms. The number of amides is 3. The van der Waals surface area contributed by atoms with E-state index in [2.05, 4.69) is 10.6 Å². The van der Waals surface area contributed by atoms with Crippen LogP contribution < -0.4 is 10.6 Å². The molecule has 5 rings (SSSR count). The van der Waals surface area contributed by atoms with Crippen LogP contribution in [0.25, 0.3) is 11.3 Å². The zero-order valence-corrected chi connectivity index (χ0v) is 17.4. The standard InChI is InChI=1S/C24H27N3O4/c28-22(15-5-2-1-3-6-15)25-17-10-11-27-20(14-17)23(29)26-19-9-8-16(13-18(19)24(27)30)21-7-4-12-31-21/h4,7-9,12-13,15,17,20H,1-3,5-6,10-11,14H2,(H,25,28)(H,26,29). The fourth-order valence-corrected chi connectivity index (χ4v) is 5.07. The number of hydrogen-bond acceptors (Lipinski definition) is 4. The van der Waals surface area contributed by atoms with Crippen LogP contribution in [-0.2, 0) is 9.59 Å². The van der Waals surface area contributed by atoms with E-state index < -0.39 is 6.04 Å². The predicted molar refractivity (Wildman–Crippen MR) is 115 cm³/mol. The van der Waals surface area contributed by atoms with Gasteiger partial charge in [0.2, 0.25) is 11.8 Å². The van der Waals surface area contributed by atoms with E-state index in [9.17, 15) is 14.4 Å². The zero-order valence-electron chi connectivity index (χ0n) is 17.4. The maximum Gasteiger partial charge on any atom is 0.256 e. The smallest absolute Gasteiger partial charge is 0.256 e. The molecule has 1 aliphatic carbocycles. The van der Waals surface area contributed by atoms with Crippen LogP contribution >= 0.6 is 0 Å². The highest BCUT2D eigenvalue weighted by Gasteiger charge is 2.40. The fourth-order valence-electron chi connectivity index (χ4n) is 5.07. The summed E-state index contributed by atoms with van der Waals surface area (Å²) in [5.41, 5.74) is 1.77. The lowest BCUT2D eigenvalue weighted by atomic mass is 9.88. The molecule has 2 aliphatic heterocycles. The molecule has 2 unspecified atom stereocenters. The van der Waals surface area contributed by atoms with Crippen molar-refractivity contribution in [3.05, 3.63) is 42.2 Å². The third kappa shape index (κ3) is 3.84. The molecule has 0 radical (unpaired) electrons. The number of furan rings is 1. The molecule has 1 saturated heterocycles. The first-order chi connectivity index (χ1) is 15.1. The van der Waals surface area contributed by atoms with Gasteiger partial charge in [-0.05, 0) is 56.0 Å². The largest absolute Gasteiger partial charge is 0.464 e. The van der Waals surface area contributed by atoms with Crippen molar-refractivity contribution in [2.75, 3.05) is 11.9 Å². The third-order valence-corrected chi connectivity index (χ3v) is 6.80. The predicted octanol–water partition coefficient (Wildman–Crippen LogP) is 3.57. The second-order valence-electron chi connectivity index (χ2n) is 8.81. The van der Waals surface area contributed by atoms with Crippen molar-refractivity contribution in [3.63, 3.8) is 0 Å². The number of anilines is 1. The minimum absolute atomic E-state index is 0.0839. The van der Waals surface area contributed by atoms with Crippen molar-refractivity contribution in [2.45, 2.75) is 57.0 Å². The van der Waals surface area contributed by atoms with Crippen LogP contribution in [0.1, 0.15) is 55.3 Å². The van der Waals surface area contributed by atoms with Crippen molar-refractivity contribution < 1.29 is 18.8 Å². The Balaban J connectivity index is 1.33. The van der Waals surface area contributed by atoms with Gasteiger partial charge in [-0.3, -0.25) is 14.4 Å². The van der Waals surface area contributed by atoms with E-state index in [0.717, 1.165) is 31.2 Å². The molecule has 2 N–H and O–H groups in total. The van der Waals surface area contributed by atoms with Crippen LogP contribution in [0.2, 0.25) is 0 Å². The summed E-state index contributed by atoms with van der Waals surface area (Å²) in [6.07, 6.45) is 7.99. The topological polar surface area (TPSA) is 91.7 Å². The van der Waals surface area contributed by atoms with Gasteiger partial charge in [0, 0.05) is 24.1 Å². The first kappa shape index (κ1) is 19.8. The molecule has 1 aromatic heterocycles. The van der Waals surface area contributed by atoms with Gasteiger partial charge in [0.1, 0.15) is 11.8 Å². The van der Waals surface area contributed by atoms with Gasteiger partial charge in [0.05, 0.1) is 17.5 Å². The summed E-state index contributed by atoms with van der Waals surface area (Å²) in [6.45, 7) is 0.441. The van der Waals surface area contributed by atoms with Crippen molar-refractivity contribution in [1.29, 1.82) is 0 Å². The number of fused-ring (bicyclic) bond motifs is 2. The summed E-state index contributed by atoms with van der Waals surface area (Å²) in [5, 5.41) is 6.07. The molecule has 1 saturated carbocycles. The number of carbonyl (C=O) groups excluding carboxylic acids is 3. The Morgan fingerprint density at radius 1 is 1.10 bits per heavy atom. The monoisotopic (exact) mass is 421 g/mol. The number of nitrogens with one attached hydrogen (secondary N) is 2. The van der Waals surface area contributed by atoms with Gasteiger partial charge in [-0.2, -0.15) is 0 Å². The molecular formula is C24H27N3O4. The average Bonchev–Trinajstić information content (AvgIpc) is 3.31. The van der Waals surface area contributed by atoms with Crippen molar-refractivity contribution in [3.8, 4) is 11.3 Å². The van der Waals surface area contributed by atoms with E-state index in [4.69, 9.17) is 4.42 Å². The van der Waals surface area contributed by atoms with Crippen LogP contribution in [0, 0.1) is 5.92 Å². The SMILES string of the molecule is O=C(NC1CCN2C(=O)c3cc(-c4ccco4)ccc3NC(=O)C2C1)C1CCCCC1. The highest BCUT2D eigenvalue weighted by molar-refractivity contribution is 6.10. The second-order valence-corrected chi connectivity index (χ2v) is 8.81. The highest BCUT2D eigenvalue weighted by atomic mass is 16.3. The van der Waals surface area contributed by atoms with Gasteiger partial charge in [-0.15, -0.1) is 0 Å². The van der Waals surface area contributed by atoms with E-state index >= 15 is 0 Å². The summed E-state index contributed by atoms with van der Waals surface area (Å²) < 4.78 is 5.45. The molecule has 162 valence electrons. The molecular weight excluding hydrogens is 394 g/mol. The Morgan fingerprint density at radius 3 is 2.71 bits per heavy atom. The first-order valence-corrected chi connectivity index (χ1v) is 11.2. The lowest BCUT2D eigenvalue weighted by Crippen LogP contribution is -2.55. The molecule has 3 aliphatic rings. The van der Waals surface area contributed by atoms with E-state index in [1.165, 1.54) is 6.42 Å². The summed E-state index contributed by atoms with van der Waals surface area (Å²) in [7, 11) is 0. The van der Waals surface area contributed by atoms with Crippen LogP contribution in [0.15, 0.2) is 41.0 Å². The Hall–Kier alpha value is -3.09. The van der Waals surface area contributed by atoms with Gasteiger partial charge in [0.15, 0.2) is 0 Å². The summed E-state index contributed by atoms with van der Waals surface area (Å²) >= 11 is 0. The summed E-state index contributed by atoms with van der Waals surface area (Å²) in [4.78, 5) is 40.6. The number of carbonyl (C=O) groups is 3. The Morgan fingerprint density at radius 2 is 1.94 bits per heavy atom. The number of benzene rings is 1. The van der Waals surface area contributed by atoms with Crippen LogP contribution in [0.4, 0.5) is 5.69 Å². The van der Waals surface area contributed by atoms with Gasteiger partial charge >= 0.3 is 0 Å². The molecule has 2 aromatic rings. The van der Waals surface area contributed by atoms with Gasteiger partial charge in [-0.25, -0.2) is 0 Å². The van der Waals surface area contributed by atoms with Crippen molar-refractivity contribution in [1.82, 2.24) is 10.2 Å². The molecule has 0 spiro atoms. The molecule has 31 heavy (non-hydrogen) atoms. The second kappa shape index (κ2) is 8.21. The van der Waals surface area contributed by atoms with Gasteiger partial charge in [-0.1, -0.05) is 19.3 Å². The molecule has 1 aromatic carbocycles. The van der Waals surface area contributed by atoms with E-state index in [1.807, 2.05) is 12.1 Å². The summed E-state index contributed by atoms with van der Waals surface area (Å²) in [6, 6.07) is 8.33. The van der Waals surface area contributed by atoms with Gasteiger partial charge in [0.25, 0.3) is 5.91 Å². The minimum Gasteiger partial charge on any atom is -0.464 e. The first-order valence-electron chi connectivity index (χ1n) is 11.2. The maximum absolute atomic E-state index is 13.3. The molecule has 3 amide bonds. The maximum atomic E-state index is 13.3. The van der Waals surface area contributed by atoms with Crippen LogP contribution in [0.3, 0.4) is 0 Å². The van der Waals surface area contributed by atoms with Crippen molar-refractivity contribution >= 4 is 23.4 Å². The molecule has 7 nitrogen and oxygen atoms in total. The molecule has 0 bridgehead atoms. The normalized spacial score (nSPS) is 24.1. The van der Waals surface area contributed by atoms with Crippen LogP contribution in [0.5, 0.6) is 0 Å². The fraction of sp³-hybridized carbons (Fsp3) is 0.458. The molecule has 2 atom stereocenters. The molecule has 2 fully saturated rings. The number of hydrogen-bond donors (Lipinski definition) is 2. The lowest BCUT2D eigenvalue weighted by Gasteiger charge is -2.38. The van der Waals surface area contributed by atoms with Crippen molar-refractivity contribution in [2.24, 2.45) is 5.92 Å². The van der Waals surface area contributed by atoms with E-state index in [1.54, 1.807) is 29.4 Å². The van der Waals surface area contributed by atoms with E-state index in [-0.39, 0.29) is 29.7 Å². The molecule has 3 heterocycles. The average molecular weight is 421 g/mol. The van der Waals surface area contributed by atoms with E-state index in [0.29, 0.717) is 36.4 Å². The highest BCUT2D eigenvalue weighted by Crippen LogP contribution is 2.32. The van der Waals surface area contributed by atoms with Gasteiger partial charge < -0.3 is 20.0 Å². The number of rotatable bonds is 3. The Kier molecular flexibility index (Phi) is 5.26. The minimum atomic E-state index is -0.586. The lowest BCUT2D eigenvalue weighted by molar-refractivity contribution is -0.128. The summed E-state index contributed by atoms with van der Waals surface area (Å²) in [5.74, 6) is 0.496. The quantitative estimate of drug-likeness (QED) is 0.793. The Labute approximate surface area is 181 Å². The zero-order chi connectivity index (χ0) is 21.4.